The molecule has 1 aromatic rings. The SMILES string of the molecule is CC=C1[C@H](O[C@@H]2O[C@H](CO)[C@@H](O)[C@H](O)[C@H]2O)OC=C(C(=O)OC)[C@H]1CC(=O)OCCc1ccc(OC(=O)C[C@H]2C(C(=O)OC)=CO[C@@H](O[C@@H]3O[C@H](CO)[C@@H](O)[C@H](O)[C@H]3O)C2=CC)cc1. The molecule has 0 unspecified atom stereocenters. The molecule has 354 valence electrons. The summed E-state index contributed by atoms with van der Waals surface area (Å²) >= 11 is 0. The van der Waals surface area contributed by atoms with Crippen molar-refractivity contribution in [2.45, 2.75) is 107 Å². The number of aliphatic hydroxyl groups excluding tert-OH is 8. The van der Waals surface area contributed by atoms with Crippen molar-refractivity contribution < 1.29 is 107 Å². The molecule has 1 aromatic carbocycles. The second-order valence-corrected chi connectivity index (χ2v) is 14.9. The Kier molecular flexibility index (Phi) is 17.9. The Balaban J connectivity index is 1.17. The Bertz CT molecular complexity index is 1910. The molecule has 4 aliphatic rings. The van der Waals surface area contributed by atoms with E-state index in [0.29, 0.717) is 5.56 Å². The van der Waals surface area contributed by atoms with E-state index in [1.54, 1.807) is 26.0 Å². The molecule has 0 aliphatic carbocycles. The summed E-state index contributed by atoms with van der Waals surface area (Å²) in [5.74, 6) is -4.95. The zero-order valence-electron chi connectivity index (χ0n) is 35.2. The van der Waals surface area contributed by atoms with Crippen LogP contribution in [0.3, 0.4) is 0 Å². The van der Waals surface area contributed by atoms with Gasteiger partial charge in [-0.05, 0) is 31.5 Å². The van der Waals surface area contributed by atoms with Crippen molar-refractivity contribution >= 4 is 23.9 Å². The van der Waals surface area contributed by atoms with Gasteiger partial charge in [0.05, 0.1) is 70.6 Å². The quantitative estimate of drug-likeness (QED) is 0.0386. The molecule has 0 amide bonds. The van der Waals surface area contributed by atoms with Gasteiger partial charge >= 0.3 is 23.9 Å². The maximum Gasteiger partial charge on any atom is 0.337 e. The lowest BCUT2D eigenvalue weighted by Crippen LogP contribution is -2.60. The highest BCUT2D eigenvalue weighted by atomic mass is 16.8. The number of benzene rings is 1. The van der Waals surface area contributed by atoms with Crippen LogP contribution in [0.25, 0.3) is 0 Å². The summed E-state index contributed by atoms with van der Waals surface area (Å²) < 4.78 is 54.4. The summed E-state index contributed by atoms with van der Waals surface area (Å²) in [5.41, 5.74) is 1.08. The molecule has 22 nitrogen and oxygen atoms in total. The number of carbonyl (C=O) groups excluding carboxylic acids is 4. The van der Waals surface area contributed by atoms with Crippen molar-refractivity contribution in [3.05, 3.63) is 76.8 Å². The molecular weight excluding hydrogens is 856 g/mol. The minimum Gasteiger partial charge on any atom is -0.468 e. The second kappa shape index (κ2) is 22.9. The number of carbonyl (C=O) groups is 4. The van der Waals surface area contributed by atoms with Crippen LogP contribution < -0.4 is 4.74 Å². The number of esters is 4. The highest BCUT2D eigenvalue weighted by Gasteiger charge is 2.48. The third-order valence-corrected chi connectivity index (χ3v) is 11.0. The molecular formula is C42H54O22. The van der Waals surface area contributed by atoms with Crippen molar-refractivity contribution in [3.63, 3.8) is 0 Å². The van der Waals surface area contributed by atoms with Gasteiger partial charge in [0.25, 0.3) is 0 Å². The summed E-state index contributed by atoms with van der Waals surface area (Å²) in [6.45, 7) is 1.68. The largest absolute Gasteiger partial charge is 0.468 e. The van der Waals surface area contributed by atoms with Crippen molar-refractivity contribution in [1.29, 1.82) is 0 Å². The number of hydrogen-bond acceptors (Lipinski definition) is 22. The van der Waals surface area contributed by atoms with Crippen LogP contribution in [-0.2, 0) is 68.2 Å². The lowest BCUT2D eigenvalue weighted by atomic mass is 9.86. The first-order chi connectivity index (χ1) is 30.6. The second-order valence-electron chi connectivity index (χ2n) is 14.9. The molecule has 22 heteroatoms. The van der Waals surface area contributed by atoms with Crippen molar-refractivity contribution in [3.8, 4) is 5.75 Å². The Labute approximate surface area is 366 Å². The van der Waals surface area contributed by atoms with Crippen LogP contribution in [-0.4, -0.2) is 173 Å². The van der Waals surface area contributed by atoms with Crippen LogP contribution in [0.4, 0.5) is 0 Å². The number of methoxy groups -OCH3 is 2. The summed E-state index contributed by atoms with van der Waals surface area (Å²) in [6, 6.07) is 6.26. The van der Waals surface area contributed by atoms with Gasteiger partial charge in [0.1, 0.15) is 54.6 Å². The van der Waals surface area contributed by atoms with Crippen molar-refractivity contribution in [2.75, 3.05) is 34.0 Å². The number of aliphatic hydroxyl groups is 8. The maximum atomic E-state index is 13.3. The predicted molar refractivity (Wildman–Crippen MR) is 210 cm³/mol. The van der Waals surface area contributed by atoms with Crippen LogP contribution in [0.5, 0.6) is 5.75 Å². The first-order valence-electron chi connectivity index (χ1n) is 20.2. The lowest BCUT2D eigenvalue weighted by Gasteiger charge is -2.41. The van der Waals surface area contributed by atoms with Gasteiger partial charge in [-0.25, -0.2) is 9.59 Å². The molecule has 0 radical (unpaired) electrons. The van der Waals surface area contributed by atoms with Gasteiger partial charge in [0, 0.05) is 29.4 Å². The van der Waals surface area contributed by atoms with E-state index in [4.69, 9.17) is 47.4 Å². The molecule has 2 saturated heterocycles. The van der Waals surface area contributed by atoms with E-state index < -0.39 is 129 Å². The van der Waals surface area contributed by atoms with Crippen LogP contribution >= 0.6 is 0 Å². The molecule has 8 N–H and O–H groups in total. The molecule has 5 rings (SSSR count). The van der Waals surface area contributed by atoms with Crippen molar-refractivity contribution in [2.24, 2.45) is 11.8 Å². The van der Waals surface area contributed by atoms with Gasteiger partial charge < -0.3 is 88.2 Å². The van der Waals surface area contributed by atoms with Crippen molar-refractivity contribution in [1.82, 2.24) is 0 Å². The Morgan fingerprint density at radius 2 is 1.06 bits per heavy atom. The van der Waals surface area contributed by atoms with Crippen LogP contribution in [0.2, 0.25) is 0 Å². The molecule has 4 aliphatic heterocycles. The lowest BCUT2D eigenvalue weighted by molar-refractivity contribution is -0.327. The van der Waals surface area contributed by atoms with Crippen LogP contribution in [0, 0.1) is 11.8 Å². The summed E-state index contributed by atoms with van der Waals surface area (Å²) in [6.07, 6.45) is -14.0. The van der Waals surface area contributed by atoms with E-state index in [1.807, 2.05) is 0 Å². The first kappa shape index (κ1) is 50.2. The average molecular weight is 911 g/mol. The van der Waals surface area contributed by atoms with Crippen LogP contribution in [0.15, 0.2) is 71.2 Å². The maximum absolute atomic E-state index is 13.3. The third kappa shape index (κ3) is 11.5. The molecule has 0 spiro atoms. The molecule has 14 atom stereocenters. The van der Waals surface area contributed by atoms with E-state index in [-0.39, 0.29) is 47.5 Å². The Morgan fingerprint density at radius 3 is 1.47 bits per heavy atom. The van der Waals surface area contributed by atoms with E-state index >= 15 is 0 Å². The number of rotatable bonds is 16. The fourth-order valence-corrected chi connectivity index (χ4v) is 7.42. The minimum atomic E-state index is -1.75. The van der Waals surface area contributed by atoms with Gasteiger partial charge in [-0.1, -0.05) is 24.3 Å². The van der Waals surface area contributed by atoms with E-state index in [0.717, 1.165) is 26.7 Å². The number of hydrogen-bond donors (Lipinski definition) is 8. The fourth-order valence-electron chi connectivity index (χ4n) is 7.42. The standard InChI is InChI=1S/C42H54O22/c1-5-21-23(25(37(53)55-3)17-58-39(21)63-41-35(51)33(49)31(47)27(15-43)61-41)13-29(45)57-12-11-19-7-9-20(10-8-19)60-30(46)14-24-22(6-2)40(59-18-26(24)38(54)56-4)64-42-36(52)34(50)32(48)28(16-44)62-42/h5-10,17-18,23-24,27-28,31-36,39-44,47-52H,11-16H2,1-4H3/t23-,24+,27+,28+,31+,32+,33-,34-,35+,36+,39-,40-,41-,42-/m0/s1. The first-order valence-corrected chi connectivity index (χ1v) is 20.2. The molecule has 0 saturated carbocycles. The zero-order chi connectivity index (χ0) is 46.8. The highest BCUT2D eigenvalue weighted by Crippen LogP contribution is 2.38. The molecule has 0 aromatic heterocycles. The fraction of sp³-hybridized carbons (Fsp3) is 0.571. The smallest absolute Gasteiger partial charge is 0.337 e. The minimum absolute atomic E-state index is 0.0381. The highest BCUT2D eigenvalue weighted by molar-refractivity contribution is 5.91. The summed E-state index contributed by atoms with van der Waals surface area (Å²) in [4.78, 5) is 51.9. The van der Waals surface area contributed by atoms with E-state index in [1.165, 1.54) is 24.3 Å². The Hall–Kier alpha value is -4.82. The molecule has 4 heterocycles. The third-order valence-electron chi connectivity index (χ3n) is 11.0. The zero-order valence-corrected chi connectivity index (χ0v) is 35.2. The molecule has 64 heavy (non-hydrogen) atoms. The van der Waals surface area contributed by atoms with E-state index in [2.05, 4.69) is 0 Å². The molecule has 0 bridgehead atoms. The van der Waals surface area contributed by atoms with Gasteiger partial charge in [0.2, 0.25) is 12.6 Å². The van der Waals surface area contributed by atoms with Gasteiger partial charge in [-0.2, -0.15) is 0 Å². The normalized spacial score (nSPS) is 34.1. The van der Waals surface area contributed by atoms with Gasteiger partial charge in [-0.15, -0.1) is 0 Å². The van der Waals surface area contributed by atoms with Crippen LogP contribution in [0.1, 0.15) is 32.3 Å². The molecule has 2 fully saturated rings. The summed E-state index contributed by atoms with van der Waals surface area (Å²) in [5, 5.41) is 80.8. The summed E-state index contributed by atoms with van der Waals surface area (Å²) in [7, 11) is 2.28. The number of allylic oxidation sites excluding steroid dienone is 2. The van der Waals surface area contributed by atoms with Gasteiger partial charge in [-0.3, -0.25) is 9.59 Å². The van der Waals surface area contributed by atoms with Gasteiger partial charge in [0.15, 0.2) is 12.6 Å². The predicted octanol–water partition coefficient (Wildman–Crippen LogP) is -1.96. The topological polar surface area (TPSA) is 322 Å². The Morgan fingerprint density at radius 1 is 0.625 bits per heavy atom. The number of ether oxygens (including phenoxy) is 10. The monoisotopic (exact) mass is 910 g/mol. The average Bonchev–Trinajstić information content (AvgIpc) is 3.29. The van der Waals surface area contributed by atoms with E-state index in [9.17, 15) is 60.0 Å².